The Bertz CT molecular complexity index is 830. The van der Waals surface area contributed by atoms with Crippen molar-refractivity contribution >= 4 is 34.2 Å². The van der Waals surface area contributed by atoms with Crippen molar-refractivity contribution in [2.24, 2.45) is 0 Å². The van der Waals surface area contributed by atoms with E-state index >= 15 is 0 Å². The first-order valence-corrected chi connectivity index (χ1v) is 10.5. The fraction of sp³-hybridized carbons (Fsp3) is 0.450. The highest BCUT2D eigenvalue weighted by atomic mass is 32.1. The maximum Gasteiger partial charge on any atom is 0.261 e. The Labute approximate surface area is 168 Å². The van der Waals surface area contributed by atoms with Gasteiger partial charge in [0.25, 0.3) is 11.8 Å². The molecule has 0 saturated heterocycles. The molecular formula is C20H24N4O3S. The van der Waals surface area contributed by atoms with Crippen LogP contribution in [0.1, 0.15) is 71.2 Å². The van der Waals surface area contributed by atoms with Crippen LogP contribution in [0.2, 0.25) is 0 Å². The van der Waals surface area contributed by atoms with Crippen molar-refractivity contribution < 1.29 is 14.4 Å². The van der Waals surface area contributed by atoms with Crippen molar-refractivity contribution in [3.05, 3.63) is 40.4 Å². The van der Waals surface area contributed by atoms with E-state index in [-0.39, 0.29) is 17.7 Å². The number of rotatable bonds is 10. The third-order valence-electron chi connectivity index (χ3n) is 4.62. The van der Waals surface area contributed by atoms with Crippen LogP contribution in [0.25, 0.3) is 0 Å². The molecule has 0 unspecified atom stereocenters. The number of fused-ring (bicyclic) bond motifs is 1. The molecule has 1 N–H and O–H groups in total. The van der Waals surface area contributed by atoms with Crippen LogP contribution in [-0.2, 0) is 11.2 Å². The number of aromatic nitrogens is 2. The summed E-state index contributed by atoms with van der Waals surface area (Å²) < 4.78 is 0. The van der Waals surface area contributed by atoms with E-state index in [0.29, 0.717) is 42.1 Å². The molecule has 0 radical (unpaired) electrons. The van der Waals surface area contributed by atoms with Gasteiger partial charge >= 0.3 is 0 Å². The van der Waals surface area contributed by atoms with Gasteiger partial charge in [-0.1, -0.05) is 43.2 Å². The molecule has 8 heteroatoms. The van der Waals surface area contributed by atoms with Crippen LogP contribution in [-0.4, -0.2) is 39.4 Å². The van der Waals surface area contributed by atoms with Crippen molar-refractivity contribution in [3.8, 4) is 0 Å². The standard InChI is InChI=1S/C20H24N4O3S/c1-2-3-12-17-22-23-20(28-17)21-16(25)11-5-4-8-13-24-18(26)14-9-6-7-10-15(14)19(24)27/h6-7,9-10H,2-5,8,11-13H2,1H3,(H,21,23,25). The molecule has 2 aromatic rings. The largest absolute Gasteiger partial charge is 0.301 e. The van der Waals surface area contributed by atoms with Gasteiger partial charge in [0.1, 0.15) is 5.01 Å². The van der Waals surface area contributed by atoms with E-state index in [1.165, 1.54) is 16.2 Å². The Morgan fingerprint density at radius 1 is 1.04 bits per heavy atom. The second kappa shape index (κ2) is 9.54. The Balaban J connectivity index is 1.35. The molecule has 7 nitrogen and oxygen atoms in total. The van der Waals surface area contributed by atoms with Crippen molar-refractivity contribution in [3.63, 3.8) is 0 Å². The predicted octanol–water partition coefficient (Wildman–Crippen LogP) is 3.68. The van der Waals surface area contributed by atoms with E-state index < -0.39 is 0 Å². The van der Waals surface area contributed by atoms with E-state index in [0.717, 1.165) is 30.7 Å². The highest BCUT2D eigenvalue weighted by molar-refractivity contribution is 7.15. The van der Waals surface area contributed by atoms with Crippen LogP contribution in [0.15, 0.2) is 24.3 Å². The Morgan fingerprint density at radius 2 is 1.75 bits per heavy atom. The van der Waals surface area contributed by atoms with Crippen molar-refractivity contribution in [2.45, 2.75) is 51.9 Å². The van der Waals surface area contributed by atoms with E-state index in [4.69, 9.17) is 0 Å². The molecule has 3 rings (SSSR count). The lowest BCUT2D eigenvalue weighted by Crippen LogP contribution is -2.30. The molecule has 28 heavy (non-hydrogen) atoms. The van der Waals surface area contributed by atoms with Gasteiger partial charge in [-0.05, 0) is 31.4 Å². The highest BCUT2D eigenvalue weighted by Gasteiger charge is 2.34. The molecule has 1 aromatic carbocycles. The van der Waals surface area contributed by atoms with Crippen LogP contribution in [0.5, 0.6) is 0 Å². The molecular weight excluding hydrogens is 376 g/mol. The lowest BCUT2D eigenvalue weighted by atomic mass is 10.1. The van der Waals surface area contributed by atoms with Crippen molar-refractivity contribution in [1.82, 2.24) is 15.1 Å². The number of carbonyl (C=O) groups is 3. The number of aryl methyl sites for hydroxylation is 1. The number of imide groups is 1. The first-order valence-electron chi connectivity index (χ1n) is 9.67. The van der Waals surface area contributed by atoms with Crippen LogP contribution in [0, 0.1) is 0 Å². The summed E-state index contributed by atoms with van der Waals surface area (Å²) in [7, 11) is 0. The molecule has 0 bridgehead atoms. The lowest BCUT2D eigenvalue weighted by molar-refractivity contribution is -0.116. The maximum absolute atomic E-state index is 12.3. The Hall–Kier alpha value is -2.61. The zero-order valence-electron chi connectivity index (χ0n) is 15.9. The van der Waals surface area contributed by atoms with Crippen molar-refractivity contribution in [1.29, 1.82) is 0 Å². The zero-order chi connectivity index (χ0) is 19.9. The smallest absolute Gasteiger partial charge is 0.261 e. The number of hydrogen-bond acceptors (Lipinski definition) is 6. The molecule has 0 spiro atoms. The van der Waals surface area contributed by atoms with E-state index in [1.54, 1.807) is 24.3 Å². The minimum atomic E-state index is -0.228. The third-order valence-corrected chi connectivity index (χ3v) is 5.52. The average molecular weight is 401 g/mol. The second-order valence-corrected chi connectivity index (χ2v) is 7.83. The Kier molecular flexibility index (Phi) is 6.86. The molecule has 2 heterocycles. The highest BCUT2D eigenvalue weighted by Crippen LogP contribution is 2.23. The molecule has 1 aromatic heterocycles. The molecule has 0 fully saturated rings. The minimum absolute atomic E-state index is 0.0843. The molecule has 0 saturated carbocycles. The van der Waals surface area contributed by atoms with E-state index in [1.807, 2.05) is 0 Å². The maximum atomic E-state index is 12.3. The molecule has 1 aliphatic heterocycles. The summed E-state index contributed by atoms with van der Waals surface area (Å²) in [6.45, 7) is 2.50. The first kappa shape index (κ1) is 20.1. The monoisotopic (exact) mass is 400 g/mol. The van der Waals surface area contributed by atoms with Crippen LogP contribution in [0.4, 0.5) is 5.13 Å². The van der Waals surface area contributed by atoms with Gasteiger partial charge in [0, 0.05) is 19.4 Å². The van der Waals surface area contributed by atoms with Crippen molar-refractivity contribution in [2.75, 3.05) is 11.9 Å². The molecule has 3 amide bonds. The zero-order valence-corrected chi connectivity index (χ0v) is 16.8. The van der Waals surface area contributed by atoms with E-state index in [9.17, 15) is 14.4 Å². The number of nitrogens with zero attached hydrogens (tertiary/aromatic N) is 3. The average Bonchev–Trinajstić information content (AvgIpc) is 3.24. The van der Waals surface area contributed by atoms with E-state index in [2.05, 4.69) is 22.4 Å². The van der Waals surface area contributed by atoms with Gasteiger partial charge in [-0.3, -0.25) is 19.3 Å². The molecule has 0 atom stereocenters. The van der Waals surface area contributed by atoms with Gasteiger partial charge in [0.2, 0.25) is 11.0 Å². The van der Waals surface area contributed by atoms with Crippen LogP contribution >= 0.6 is 11.3 Å². The second-order valence-electron chi connectivity index (χ2n) is 6.77. The van der Waals surface area contributed by atoms with Gasteiger partial charge in [0.05, 0.1) is 11.1 Å². The van der Waals surface area contributed by atoms with Gasteiger partial charge < -0.3 is 5.32 Å². The summed E-state index contributed by atoms with van der Waals surface area (Å²) in [5, 5.41) is 12.3. The van der Waals surface area contributed by atoms with Gasteiger partial charge in [0.15, 0.2) is 0 Å². The summed E-state index contributed by atoms with van der Waals surface area (Å²) in [5.74, 6) is -0.541. The summed E-state index contributed by atoms with van der Waals surface area (Å²) in [4.78, 5) is 37.9. The first-order chi connectivity index (χ1) is 13.6. The fourth-order valence-corrected chi connectivity index (χ4v) is 3.89. The number of amides is 3. The normalized spacial score (nSPS) is 13.1. The molecule has 0 aliphatic carbocycles. The number of nitrogens with one attached hydrogen (secondary N) is 1. The predicted molar refractivity (Wildman–Crippen MR) is 107 cm³/mol. The number of hydrogen-bond donors (Lipinski definition) is 1. The minimum Gasteiger partial charge on any atom is -0.301 e. The number of anilines is 1. The molecule has 148 valence electrons. The number of benzene rings is 1. The third kappa shape index (κ3) is 4.81. The molecule has 1 aliphatic rings. The summed E-state index contributed by atoms with van der Waals surface area (Å²) in [6, 6.07) is 6.88. The van der Waals surface area contributed by atoms with Gasteiger partial charge in [-0.15, -0.1) is 10.2 Å². The van der Waals surface area contributed by atoms with Gasteiger partial charge in [-0.2, -0.15) is 0 Å². The fourth-order valence-electron chi connectivity index (χ4n) is 3.09. The van der Waals surface area contributed by atoms with Gasteiger partial charge in [-0.25, -0.2) is 0 Å². The SMILES string of the molecule is CCCCc1nnc(NC(=O)CCCCCN2C(=O)c3ccccc3C2=O)s1. The van der Waals surface area contributed by atoms with Crippen LogP contribution < -0.4 is 5.32 Å². The summed E-state index contributed by atoms with van der Waals surface area (Å²) >= 11 is 1.42. The number of carbonyl (C=O) groups excluding carboxylic acids is 3. The topological polar surface area (TPSA) is 92.3 Å². The van der Waals surface area contributed by atoms with Crippen LogP contribution in [0.3, 0.4) is 0 Å². The Morgan fingerprint density at radius 3 is 2.43 bits per heavy atom. The quantitative estimate of drug-likeness (QED) is 0.485. The summed E-state index contributed by atoms with van der Waals surface area (Å²) in [5.41, 5.74) is 0.949. The number of unbranched alkanes of at least 4 members (excludes halogenated alkanes) is 3. The summed E-state index contributed by atoms with van der Waals surface area (Å²) in [6.07, 6.45) is 5.57. The lowest BCUT2D eigenvalue weighted by Gasteiger charge is -2.13.